The van der Waals surface area contributed by atoms with E-state index in [1.54, 1.807) is 48.5 Å². The fraction of sp³-hybridized carbons (Fsp3) is 0.324. The van der Waals surface area contributed by atoms with E-state index < -0.39 is 17.7 Å². The molecule has 4 aromatic rings. The molecule has 0 bridgehead atoms. The molecular formula is C34H33ClN2O6S. The number of nitrogens with zero attached hydrogens (tertiary/aromatic N) is 2. The van der Waals surface area contributed by atoms with Gasteiger partial charge in [-0.05, 0) is 79.9 Å². The van der Waals surface area contributed by atoms with Crippen LogP contribution in [0.3, 0.4) is 0 Å². The van der Waals surface area contributed by atoms with Crippen LogP contribution in [0, 0.1) is 0 Å². The molecule has 1 saturated heterocycles. The third-order valence-electron chi connectivity index (χ3n) is 7.75. The molecule has 8 nitrogen and oxygen atoms in total. The molecule has 3 aromatic carbocycles. The number of unbranched alkanes of at least 4 members (excludes halogenated alkanes) is 2. The number of aliphatic hydroxyl groups excluding tert-OH is 1. The van der Waals surface area contributed by atoms with Gasteiger partial charge in [0.05, 0.1) is 35.0 Å². The first-order valence-corrected chi connectivity index (χ1v) is 16.0. The number of anilines is 1. The Bertz CT molecular complexity index is 1780. The molecule has 2 atom stereocenters. The van der Waals surface area contributed by atoms with Crippen molar-refractivity contribution >= 4 is 55.7 Å². The lowest BCUT2D eigenvalue weighted by molar-refractivity contribution is -0.132. The number of hydrogen-bond acceptors (Lipinski definition) is 8. The second-order valence-corrected chi connectivity index (χ2v) is 12.4. The minimum Gasteiger partial charge on any atom is -0.507 e. The predicted octanol–water partition coefficient (Wildman–Crippen LogP) is 7.87. The molecule has 0 aliphatic carbocycles. The molecule has 1 amide bonds. The molecular weight excluding hydrogens is 600 g/mol. The Labute approximate surface area is 264 Å². The number of aromatic nitrogens is 1. The Morgan fingerprint density at radius 2 is 1.91 bits per heavy atom. The largest absolute Gasteiger partial charge is 0.507 e. The van der Waals surface area contributed by atoms with Crippen molar-refractivity contribution in [2.75, 3.05) is 18.1 Å². The summed E-state index contributed by atoms with van der Waals surface area (Å²) in [5.74, 6) is -0.0291. The van der Waals surface area contributed by atoms with Gasteiger partial charge in [0.15, 0.2) is 16.6 Å². The lowest BCUT2D eigenvalue weighted by Crippen LogP contribution is -2.29. The van der Waals surface area contributed by atoms with Gasteiger partial charge in [-0.1, -0.05) is 48.8 Å². The number of amides is 1. The second-order valence-electron chi connectivity index (χ2n) is 10.9. The smallest absolute Gasteiger partial charge is 0.301 e. The zero-order valence-electron chi connectivity index (χ0n) is 24.8. The number of Topliss-reactive ketones (excluding diaryl/α,β-unsaturated/α-hetero) is 1. The number of fused-ring (bicyclic) bond motifs is 2. The molecule has 0 spiro atoms. The molecule has 3 heterocycles. The molecule has 0 unspecified atom stereocenters. The summed E-state index contributed by atoms with van der Waals surface area (Å²) in [6.07, 6.45) is 3.74. The average Bonchev–Trinajstić information content (AvgIpc) is 3.67. The van der Waals surface area contributed by atoms with E-state index in [9.17, 15) is 14.7 Å². The van der Waals surface area contributed by atoms with Crippen LogP contribution < -0.4 is 19.1 Å². The van der Waals surface area contributed by atoms with Crippen LogP contribution in [0.2, 0.25) is 5.02 Å². The summed E-state index contributed by atoms with van der Waals surface area (Å²) in [6.45, 7) is 6.92. The van der Waals surface area contributed by atoms with Crippen molar-refractivity contribution < 1.29 is 28.9 Å². The first-order valence-electron chi connectivity index (χ1n) is 14.9. The summed E-state index contributed by atoms with van der Waals surface area (Å²) in [7, 11) is 0. The monoisotopic (exact) mass is 632 g/mol. The van der Waals surface area contributed by atoms with Crippen LogP contribution in [0.15, 0.2) is 60.2 Å². The summed E-state index contributed by atoms with van der Waals surface area (Å²) in [5.41, 5.74) is 2.55. The van der Waals surface area contributed by atoms with Crippen LogP contribution in [0.4, 0.5) is 5.13 Å². The number of benzene rings is 3. The van der Waals surface area contributed by atoms with Crippen molar-refractivity contribution in [3.63, 3.8) is 0 Å². The summed E-state index contributed by atoms with van der Waals surface area (Å²) in [5, 5.41) is 12.6. The zero-order valence-corrected chi connectivity index (χ0v) is 26.3. The topological polar surface area (TPSA) is 98.2 Å². The SMILES string of the molecule is CCCCCOc1ccc([C@H]2/C(=C(\O)c3ccc4c(c3)C[C@H](C)O4)C(=O)C(=O)N2c2nc3ccc(Cl)cc3s2)cc1OCC. The van der Waals surface area contributed by atoms with Gasteiger partial charge in [-0.2, -0.15) is 0 Å². The van der Waals surface area contributed by atoms with Gasteiger partial charge in [0.2, 0.25) is 0 Å². The Morgan fingerprint density at radius 3 is 2.70 bits per heavy atom. The lowest BCUT2D eigenvalue weighted by Gasteiger charge is -2.24. The van der Waals surface area contributed by atoms with Crippen molar-refractivity contribution in [3.8, 4) is 17.2 Å². The maximum atomic E-state index is 13.8. The summed E-state index contributed by atoms with van der Waals surface area (Å²) in [6, 6.07) is 15.0. The van der Waals surface area contributed by atoms with Crippen LogP contribution in [-0.2, 0) is 16.0 Å². The Kier molecular flexibility index (Phi) is 8.51. The number of ether oxygens (including phenoxy) is 3. The van der Waals surface area contributed by atoms with Crippen LogP contribution in [0.1, 0.15) is 62.8 Å². The quantitative estimate of drug-likeness (QED) is 0.0822. The van der Waals surface area contributed by atoms with Gasteiger partial charge in [-0.3, -0.25) is 14.5 Å². The van der Waals surface area contributed by atoms with Gasteiger partial charge in [0, 0.05) is 17.0 Å². The Morgan fingerprint density at radius 1 is 1.07 bits per heavy atom. The molecule has 44 heavy (non-hydrogen) atoms. The number of hydrogen-bond donors (Lipinski definition) is 1. The van der Waals surface area contributed by atoms with Crippen molar-refractivity contribution in [3.05, 3.63) is 81.9 Å². The molecule has 1 fully saturated rings. The van der Waals surface area contributed by atoms with E-state index in [1.165, 1.54) is 16.2 Å². The molecule has 0 saturated carbocycles. The standard InChI is InChI=1S/C34H33ClN2O6S/c1-4-6-7-14-42-26-13-8-20(17-27(26)41-5-2)30-29(31(38)21-9-12-25-22(16-21)15-19(3)43-25)32(39)33(40)37(30)34-36-24-11-10-23(35)18-28(24)44-34/h8-13,16-19,30,38H,4-7,14-15H2,1-3H3/b31-29+/t19-,30-/m0/s1. The minimum atomic E-state index is -0.970. The van der Waals surface area contributed by atoms with Gasteiger partial charge < -0.3 is 19.3 Å². The lowest BCUT2D eigenvalue weighted by atomic mass is 9.94. The maximum absolute atomic E-state index is 13.8. The highest BCUT2D eigenvalue weighted by Gasteiger charge is 2.48. The number of aliphatic hydroxyl groups is 1. The minimum absolute atomic E-state index is 0.0141. The molecule has 2 aliphatic heterocycles. The summed E-state index contributed by atoms with van der Waals surface area (Å²) < 4.78 is 18.6. The zero-order chi connectivity index (χ0) is 31.0. The van der Waals surface area contributed by atoms with E-state index in [0.717, 1.165) is 35.3 Å². The molecule has 1 aromatic heterocycles. The average molecular weight is 633 g/mol. The molecule has 6 rings (SSSR count). The Hall–Kier alpha value is -4.08. The van der Waals surface area contributed by atoms with Crippen molar-refractivity contribution in [1.29, 1.82) is 0 Å². The van der Waals surface area contributed by atoms with Gasteiger partial charge in [-0.15, -0.1) is 0 Å². The van der Waals surface area contributed by atoms with Gasteiger partial charge in [0.25, 0.3) is 5.78 Å². The Balaban J connectivity index is 1.49. The maximum Gasteiger partial charge on any atom is 0.301 e. The highest BCUT2D eigenvalue weighted by molar-refractivity contribution is 7.22. The van der Waals surface area contributed by atoms with Gasteiger partial charge in [-0.25, -0.2) is 4.98 Å². The summed E-state index contributed by atoms with van der Waals surface area (Å²) >= 11 is 7.48. The van der Waals surface area contributed by atoms with E-state index in [0.29, 0.717) is 57.9 Å². The van der Waals surface area contributed by atoms with Crippen LogP contribution in [0.5, 0.6) is 17.2 Å². The molecule has 1 N–H and O–H groups in total. The molecule has 2 aliphatic rings. The number of thiazole rings is 1. The van der Waals surface area contributed by atoms with Crippen molar-refractivity contribution in [1.82, 2.24) is 4.98 Å². The third kappa shape index (κ3) is 5.62. The van der Waals surface area contributed by atoms with E-state index in [4.69, 9.17) is 25.8 Å². The number of carbonyl (C=O) groups is 2. The first-order chi connectivity index (χ1) is 21.3. The van der Waals surface area contributed by atoms with Gasteiger partial charge >= 0.3 is 5.91 Å². The van der Waals surface area contributed by atoms with E-state index in [2.05, 4.69) is 11.9 Å². The van der Waals surface area contributed by atoms with E-state index >= 15 is 0 Å². The summed E-state index contributed by atoms with van der Waals surface area (Å²) in [4.78, 5) is 33.6. The number of rotatable bonds is 10. The fourth-order valence-corrected chi connectivity index (χ4v) is 6.94. The molecule has 228 valence electrons. The second kappa shape index (κ2) is 12.5. The molecule has 10 heteroatoms. The molecule has 0 radical (unpaired) electrons. The number of halogens is 1. The van der Waals surface area contributed by atoms with E-state index in [-0.39, 0.29) is 17.4 Å². The van der Waals surface area contributed by atoms with Crippen LogP contribution in [-0.4, -0.2) is 41.1 Å². The highest BCUT2D eigenvalue weighted by atomic mass is 35.5. The van der Waals surface area contributed by atoms with Crippen molar-refractivity contribution in [2.45, 2.75) is 58.6 Å². The normalized spacial score (nSPS) is 19.0. The number of ketones is 1. The van der Waals surface area contributed by atoms with Crippen LogP contribution >= 0.6 is 22.9 Å². The van der Waals surface area contributed by atoms with Crippen molar-refractivity contribution in [2.24, 2.45) is 0 Å². The predicted molar refractivity (Wildman–Crippen MR) is 172 cm³/mol. The van der Waals surface area contributed by atoms with Gasteiger partial charge in [0.1, 0.15) is 17.6 Å². The first kappa shape index (κ1) is 30.0. The van der Waals surface area contributed by atoms with E-state index in [1.807, 2.05) is 19.9 Å². The number of carbonyl (C=O) groups excluding carboxylic acids is 2. The highest BCUT2D eigenvalue weighted by Crippen LogP contribution is 2.46. The van der Waals surface area contributed by atoms with Crippen LogP contribution in [0.25, 0.3) is 16.0 Å². The fourth-order valence-electron chi connectivity index (χ4n) is 5.68. The third-order valence-corrected chi connectivity index (χ3v) is 9.00.